The second-order valence-corrected chi connectivity index (χ2v) is 4.37. The Kier molecular flexibility index (Phi) is 4.13. The molecule has 19 heavy (non-hydrogen) atoms. The molecule has 1 N–H and O–H groups in total. The lowest BCUT2D eigenvalue weighted by molar-refractivity contribution is 0.0945. The Labute approximate surface area is 113 Å². The van der Waals surface area contributed by atoms with Crippen LogP contribution >= 0.6 is 0 Å². The maximum absolute atomic E-state index is 12.0. The third-order valence-corrected chi connectivity index (χ3v) is 2.91. The predicted molar refractivity (Wildman–Crippen MR) is 77.6 cm³/mol. The van der Waals surface area contributed by atoms with E-state index in [4.69, 9.17) is 0 Å². The molecule has 0 atom stereocenters. The van der Waals surface area contributed by atoms with Crippen LogP contribution in [0.2, 0.25) is 0 Å². The fourth-order valence-corrected chi connectivity index (χ4v) is 1.79. The molecule has 94 valence electrons. The fourth-order valence-electron chi connectivity index (χ4n) is 1.79. The maximum Gasteiger partial charge on any atom is 0.252 e. The fraction of sp³-hybridized carbons (Fsp3) is 0.0667. The number of rotatable bonds is 4. The number of aldehydes is 1. The molecule has 0 fully saturated rings. The number of nitrogens with one attached hydrogen (secondary N) is 1. The average molecular weight is 251 g/mol. The molecule has 2 rings (SSSR count). The second-order valence-electron chi connectivity index (χ2n) is 4.37. The van der Waals surface area contributed by atoms with E-state index in [9.17, 15) is 9.59 Å². The van der Waals surface area contributed by atoms with E-state index < -0.39 is 0 Å². The van der Waals surface area contributed by atoms with E-state index in [1.807, 2.05) is 32.1 Å². The first-order valence-corrected chi connectivity index (χ1v) is 6.08. The molecule has 0 unspecified atom stereocenters. The molecule has 0 saturated carbocycles. The largest absolute Gasteiger partial charge is 0.348 e. The van der Waals surface area contributed by atoms with Crippen LogP contribution in [0.25, 0.3) is 0 Å². The molecule has 0 aliphatic heterocycles. The van der Waals surface area contributed by atoms with E-state index in [2.05, 4.69) is 5.32 Å². The zero-order chi connectivity index (χ0) is 13.7. The van der Waals surface area contributed by atoms with Crippen LogP contribution in [-0.4, -0.2) is 20.0 Å². The summed E-state index contributed by atoms with van der Waals surface area (Å²) >= 11 is 0. The Balaban J connectivity index is 2.05. The number of carbonyl (C=O) groups excluding carboxylic acids is 2. The lowest BCUT2D eigenvalue weighted by atomic mass is 9.95. The topological polar surface area (TPSA) is 46.2 Å². The monoisotopic (exact) mass is 251 g/mol. The van der Waals surface area contributed by atoms with Gasteiger partial charge in [-0.25, -0.2) is 0 Å². The standard InChI is InChI=1S/C15H14BNO2/c16-13-7-5-11(6-8-13)9-17-15(19)14-4-2-1-3-12(14)10-18/h1-8,10H,9,16H2,(H,17,19). The van der Waals surface area contributed by atoms with Gasteiger partial charge >= 0.3 is 0 Å². The van der Waals surface area contributed by atoms with Gasteiger partial charge in [-0.1, -0.05) is 47.9 Å². The third-order valence-electron chi connectivity index (χ3n) is 2.91. The molecule has 0 aliphatic rings. The van der Waals surface area contributed by atoms with Gasteiger partial charge in [0.2, 0.25) is 0 Å². The van der Waals surface area contributed by atoms with Gasteiger partial charge in [0.1, 0.15) is 7.85 Å². The predicted octanol–water partition coefficient (Wildman–Crippen LogP) is 0.687. The third kappa shape index (κ3) is 3.31. The van der Waals surface area contributed by atoms with Crippen molar-refractivity contribution >= 4 is 25.5 Å². The molecule has 0 aliphatic carbocycles. The minimum atomic E-state index is -0.233. The van der Waals surface area contributed by atoms with Crippen molar-refractivity contribution in [2.45, 2.75) is 6.54 Å². The first kappa shape index (κ1) is 13.1. The summed E-state index contributed by atoms with van der Waals surface area (Å²) in [7, 11) is 2.02. The summed E-state index contributed by atoms with van der Waals surface area (Å²) in [5, 5.41) is 2.81. The van der Waals surface area contributed by atoms with Crippen LogP contribution in [-0.2, 0) is 6.54 Å². The quantitative estimate of drug-likeness (QED) is 0.641. The van der Waals surface area contributed by atoms with Crippen molar-refractivity contribution in [1.82, 2.24) is 5.32 Å². The van der Waals surface area contributed by atoms with Crippen molar-refractivity contribution in [1.29, 1.82) is 0 Å². The van der Waals surface area contributed by atoms with Crippen LogP contribution < -0.4 is 10.8 Å². The van der Waals surface area contributed by atoms with Crippen molar-refractivity contribution in [2.75, 3.05) is 0 Å². The first-order chi connectivity index (χ1) is 9.20. The van der Waals surface area contributed by atoms with Crippen LogP contribution in [0.15, 0.2) is 48.5 Å². The Hall–Kier alpha value is -2.36. The summed E-state index contributed by atoms with van der Waals surface area (Å²) in [4.78, 5) is 22.9. The Morgan fingerprint density at radius 2 is 1.79 bits per heavy atom. The van der Waals surface area contributed by atoms with Crippen molar-refractivity contribution < 1.29 is 9.59 Å². The molecule has 4 heteroatoms. The zero-order valence-electron chi connectivity index (χ0n) is 10.7. The van der Waals surface area contributed by atoms with Crippen LogP contribution in [0.5, 0.6) is 0 Å². The van der Waals surface area contributed by atoms with Gasteiger partial charge in [0.15, 0.2) is 6.29 Å². The SMILES string of the molecule is Bc1ccc(CNC(=O)c2ccccc2C=O)cc1. The Morgan fingerprint density at radius 3 is 2.47 bits per heavy atom. The highest BCUT2D eigenvalue weighted by molar-refractivity contribution is 6.32. The Morgan fingerprint density at radius 1 is 1.11 bits per heavy atom. The van der Waals surface area contributed by atoms with Crippen LogP contribution in [0.3, 0.4) is 0 Å². The minimum Gasteiger partial charge on any atom is -0.348 e. The molecular weight excluding hydrogens is 237 g/mol. The molecule has 0 radical (unpaired) electrons. The molecular formula is C15H14BNO2. The summed E-state index contributed by atoms with van der Waals surface area (Å²) in [5.41, 5.74) is 3.03. The van der Waals surface area contributed by atoms with Gasteiger partial charge in [-0.3, -0.25) is 9.59 Å². The average Bonchev–Trinajstić information content (AvgIpc) is 2.46. The summed E-state index contributed by atoms with van der Waals surface area (Å²) in [5.74, 6) is -0.233. The highest BCUT2D eigenvalue weighted by Gasteiger charge is 2.09. The molecule has 0 bridgehead atoms. The van der Waals surface area contributed by atoms with Crippen LogP contribution in [0.4, 0.5) is 0 Å². The van der Waals surface area contributed by atoms with Crippen molar-refractivity contribution in [2.24, 2.45) is 0 Å². The normalized spacial score (nSPS) is 9.89. The van der Waals surface area contributed by atoms with Gasteiger partial charge in [0.25, 0.3) is 5.91 Å². The van der Waals surface area contributed by atoms with Crippen molar-refractivity contribution in [3.8, 4) is 0 Å². The molecule has 0 heterocycles. The van der Waals surface area contributed by atoms with E-state index in [1.54, 1.807) is 24.3 Å². The maximum atomic E-state index is 12.0. The lowest BCUT2D eigenvalue weighted by Gasteiger charge is -2.07. The number of carbonyl (C=O) groups is 2. The van der Waals surface area contributed by atoms with Gasteiger partial charge in [-0.05, 0) is 11.6 Å². The van der Waals surface area contributed by atoms with Gasteiger partial charge in [-0.15, -0.1) is 0 Å². The Bertz CT molecular complexity index is 593. The molecule has 1 amide bonds. The van der Waals surface area contributed by atoms with E-state index in [1.165, 1.54) is 5.46 Å². The molecule has 3 nitrogen and oxygen atoms in total. The van der Waals surface area contributed by atoms with Gasteiger partial charge in [-0.2, -0.15) is 0 Å². The van der Waals surface area contributed by atoms with Crippen molar-refractivity contribution in [3.05, 3.63) is 65.2 Å². The van der Waals surface area contributed by atoms with E-state index in [0.29, 0.717) is 24.0 Å². The zero-order valence-corrected chi connectivity index (χ0v) is 10.7. The molecule has 2 aromatic rings. The van der Waals surface area contributed by atoms with E-state index >= 15 is 0 Å². The smallest absolute Gasteiger partial charge is 0.252 e. The molecule has 2 aromatic carbocycles. The molecule has 0 saturated heterocycles. The minimum absolute atomic E-state index is 0.233. The van der Waals surface area contributed by atoms with E-state index in [0.717, 1.165) is 5.56 Å². The summed E-state index contributed by atoms with van der Waals surface area (Å²) in [6, 6.07) is 14.7. The van der Waals surface area contributed by atoms with Crippen molar-refractivity contribution in [3.63, 3.8) is 0 Å². The summed E-state index contributed by atoms with van der Waals surface area (Å²) in [6.45, 7) is 0.451. The number of hydrogen-bond acceptors (Lipinski definition) is 2. The summed E-state index contributed by atoms with van der Waals surface area (Å²) in [6.07, 6.45) is 0.695. The van der Waals surface area contributed by atoms with E-state index in [-0.39, 0.29) is 5.91 Å². The van der Waals surface area contributed by atoms with Crippen LogP contribution in [0, 0.1) is 0 Å². The first-order valence-electron chi connectivity index (χ1n) is 6.08. The van der Waals surface area contributed by atoms with Crippen LogP contribution in [0.1, 0.15) is 26.3 Å². The van der Waals surface area contributed by atoms with Gasteiger partial charge in [0, 0.05) is 17.7 Å². The highest BCUT2D eigenvalue weighted by Crippen LogP contribution is 2.06. The number of hydrogen-bond donors (Lipinski definition) is 1. The second kappa shape index (κ2) is 6.00. The highest BCUT2D eigenvalue weighted by atomic mass is 16.1. The lowest BCUT2D eigenvalue weighted by Crippen LogP contribution is -2.24. The van der Waals surface area contributed by atoms with Gasteiger partial charge < -0.3 is 5.32 Å². The molecule has 0 spiro atoms. The molecule has 0 aromatic heterocycles. The number of benzene rings is 2. The van der Waals surface area contributed by atoms with Gasteiger partial charge in [0.05, 0.1) is 0 Å². The number of amides is 1. The summed E-state index contributed by atoms with van der Waals surface area (Å²) < 4.78 is 0.